The highest BCUT2D eigenvalue weighted by Gasteiger charge is 2.19. The van der Waals surface area contributed by atoms with Gasteiger partial charge in [0.05, 0.1) is 11.7 Å². The van der Waals surface area contributed by atoms with Crippen LogP contribution in [0.2, 0.25) is 0 Å². The minimum atomic E-state index is -0.434. The van der Waals surface area contributed by atoms with Gasteiger partial charge in [-0.25, -0.2) is 0 Å². The first-order valence-electron chi connectivity index (χ1n) is 6.54. The Morgan fingerprint density at radius 2 is 2.22 bits per heavy atom. The highest BCUT2D eigenvalue weighted by atomic mass is 16.2. The number of hydrogen-bond acceptors (Lipinski definition) is 3. The van der Waals surface area contributed by atoms with Crippen LogP contribution in [-0.4, -0.2) is 21.7 Å². The van der Waals surface area contributed by atoms with Crippen molar-refractivity contribution < 1.29 is 4.79 Å². The number of nitrogens with one attached hydrogen (secondary N) is 1. The topological polar surface area (TPSA) is 72.9 Å². The Labute approximate surface area is 109 Å². The van der Waals surface area contributed by atoms with Crippen molar-refractivity contribution in [1.29, 1.82) is 0 Å². The van der Waals surface area contributed by atoms with Crippen LogP contribution >= 0.6 is 0 Å². The zero-order valence-corrected chi connectivity index (χ0v) is 11.7. The number of nitrogens with zero attached hydrogens (tertiary/aromatic N) is 2. The maximum Gasteiger partial charge on any atom is 0.237 e. The van der Waals surface area contributed by atoms with E-state index in [0.29, 0.717) is 6.54 Å². The molecular formula is C13H24N4O. The molecular weight excluding hydrogens is 228 g/mol. The standard InChI is InChI=1S/C13H24N4O/c1-5-9(3)12(14)13(18)15-7-10-8-17(4)16-11(10)6-2/h8-9,12H,5-7,14H2,1-4H3,(H,15,18)/t9?,12-/m0/s1. The number of amides is 1. The third kappa shape index (κ3) is 3.57. The van der Waals surface area contributed by atoms with Gasteiger partial charge in [0.25, 0.3) is 0 Å². The van der Waals surface area contributed by atoms with Crippen LogP contribution in [0.25, 0.3) is 0 Å². The normalized spacial score (nSPS) is 14.3. The molecule has 1 unspecified atom stereocenters. The summed E-state index contributed by atoms with van der Waals surface area (Å²) in [5.41, 5.74) is 7.96. The number of carbonyl (C=O) groups is 1. The number of aryl methyl sites for hydroxylation is 2. The van der Waals surface area contributed by atoms with Gasteiger partial charge in [0, 0.05) is 25.4 Å². The summed E-state index contributed by atoms with van der Waals surface area (Å²) >= 11 is 0. The predicted molar refractivity (Wildman–Crippen MR) is 71.9 cm³/mol. The lowest BCUT2D eigenvalue weighted by Gasteiger charge is -2.17. The smallest absolute Gasteiger partial charge is 0.237 e. The zero-order valence-electron chi connectivity index (χ0n) is 11.7. The average Bonchev–Trinajstić information content (AvgIpc) is 2.74. The summed E-state index contributed by atoms with van der Waals surface area (Å²) in [6, 6.07) is -0.434. The lowest BCUT2D eigenvalue weighted by molar-refractivity contribution is -0.123. The second-order valence-electron chi connectivity index (χ2n) is 4.76. The molecule has 1 amide bonds. The molecule has 1 rings (SSSR count). The van der Waals surface area contributed by atoms with E-state index in [2.05, 4.69) is 17.3 Å². The van der Waals surface area contributed by atoms with E-state index in [9.17, 15) is 4.79 Å². The highest BCUT2D eigenvalue weighted by molar-refractivity contribution is 5.81. The molecule has 1 aromatic rings. The Morgan fingerprint density at radius 1 is 1.56 bits per heavy atom. The van der Waals surface area contributed by atoms with Crippen molar-refractivity contribution in [2.24, 2.45) is 18.7 Å². The van der Waals surface area contributed by atoms with Gasteiger partial charge in [-0.1, -0.05) is 27.2 Å². The first kappa shape index (κ1) is 14.7. The Balaban J connectivity index is 2.57. The van der Waals surface area contributed by atoms with Gasteiger partial charge in [-0.15, -0.1) is 0 Å². The van der Waals surface area contributed by atoms with Gasteiger partial charge >= 0.3 is 0 Å². The molecule has 1 heterocycles. The van der Waals surface area contributed by atoms with Crippen LogP contribution in [0.5, 0.6) is 0 Å². The van der Waals surface area contributed by atoms with Crippen molar-refractivity contribution in [1.82, 2.24) is 15.1 Å². The number of rotatable bonds is 6. The minimum absolute atomic E-state index is 0.0877. The van der Waals surface area contributed by atoms with Gasteiger partial charge in [-0.2, -0.15) is 5.10 Å². The molecule has 0 fully saturated rings. The molecule has 0 saturated heterocycles. The summed E-state index contributed by atoms with van der Waals surface area (Å²) < 4.78 is 1.77. The van der Waals surface area contributed by atoms with Crippen LogP contribution < -0.4 is 11.1 Å². The van der Waals surface area contributed by atoms with E-state index in [1.807, 2.05) is 27.1 Å². The molecule has 5 nitrogen and oxygen atoms in total. The summed E-state index contributed by atoms with van der Waals surface area (Å²) in [4.78, 5) is 11.9. The maximum absolute atomic E-state index is 11.9. The van der Waals surface area contributed by atoms with E-state index in [1.54, 1.807) is 4.68 Å². The van der Waals surface area contributed by atoms with Crippen molar-refractivity contribution in [3.63, 3.8) is 0 Å². The van der Waals surface area contributed by atoms with Crippen molar-refractivity contribution >= 4 is 5.91 Å². The van der Waals surface area contributed by atoms with Gasteiger partial charge < -0.3 is 11.1 Å². The molecule has 3 N–H and O–H groups in total. The number of hydrogen-bond donors (Lipinski definition) is 2. The number of aromatic nitrogens is 2. The van der Waals surface area contributed by atoms with E-state index in [1.165, 1.54) is 0 Å². The molecule has 1 aromatic heterocycles. The average molecular weight is 252 g/mol. The van der Waals surface area contributed by atoms with Gasteiger partial charge in [0.1, 0.15) is 0 Å². The van der Waals surface area contributed by atoms with Gasteiger partial charge in [0.2, 0.25) is 5.91 Å². The molecule has 0 aromatic carbocycles. The van der Waals surface area contributed by atoms with Crippen LogP contribution in [0.4, 0.5) is 0 Å². The van der Waals surface area contributed by atoms with Crippen LogP contribution in [0.15, 0.2) is 6.20 Å². The van der Waals surface area contributed by atoms with E-state index in [-0.39, 0.29) is 11.8 Å². The second-order valence-corrected chi connectivity index (χ2v) is 4.76. The molecule has 0 bridgehead atoms. The number of nitrogens with two attached hydrogens (primary N) is 1. The van der Waals surface area contributed by atoms with Gasteiger partial charge in [0.15, 0.2) is 0 Å². The minimum Gasteiger partial charge on any atom is -0.351 e. The first-order chi connectivity index (χ1) is 8.49. The monoisotopic (exact) mass is 252 g/mol. The van der Waals surface area contributed by atoms with Gasteiger partial charge in [-0.3, -0.25) is 9.48 Å². The van der Waals surface area contributed by atoms with Crippen LogP contribution in [0.1, 0.15) is 38.4 Å². The molecule has 0 aliphatic rings. The molecule has 0 aliphatic carbocycles. The first-order valence-corrected chi connectivity index (χ1v) is 6.54. The van der Waals surface area contributed by atoms with E-state index in [4.69, 9.17) is 5.73 Å². The quantitative estimate of drug-likeness (QED) is 0.792. The largest absolute Gasteiger partial charge is 0.351 e. The van der Waals surface area contributed by atoms with Crippen molar-refractivity contribution in [3.8, 4) is 0 Å². The van der Waals surface area contributed by atoms with Gasteiger partial charge in [-0.05, 0) is 12.3 Å². The zero-order chi connectivity index (χ0) is 13.7. The molecule has 0 aliphatic heterocycles. The molecule has 18 heavy (non-hydrogen) atoms. The summed E-state index contributed by atoms with van der Waals surface area (Å²) in [6.07, 6.45) is 3.71. The van der Waals surface area contributed by atoms with Crippen LogP contribution in [0.3, 0.4) is 0 Å². The molecule has 102 valence electrons. The third-order valence-corrected chi connectivity index (χ3v) is 3.34. The van der Waals surface area contributed by atoms with Crippen LogP contribution in [0, 0.1) is 5.92 Å². The Hall–Kier alpha value is -1.36. The SMILES string of the molecule is CCc1nn(C)cc1CNC(=O)[C@@H](N)C(C)CC. The second kappa shape index (κ2) is 6.54. The maximum atomic E-state index is 11.9. The molecule has 2 atom stereocenters. The Morgan fingerprint density at radius 3 is 2.78 bits per heavy atom. The summed E-state index contributed by atoms with van der Waals surface area (Å²) in [6.45, 7) is 6.58. The van der Waals surface area contributed by atoms with Crippen molar-refractivity contribution in [3.05, 3.63) is 17.5 Å². The molecule has 0 saturated carbocycles. The summed E-state index contributed by atoms with van der Waals surface area (Å²) in [7, 11) is 1.88. The van der Waals surface area contributed by atoms with Crippen molar-refractivity contribution in [2.45, 2.75) is 46.2 Å². The Kier molecular flexibility index (Phi) is 5.34. The highest BCUT2D eigenvalue weighted by Crippen LogP contribution is 2.08. The number of carbonyl (C=O) groups excluding carboxylic acids is 1. The van der Waals surface area contributed by atoms with Crippen LogP contribution in [-0.2, 0) is 24.8 Å². The lowest BCUT2D eigenvalue weighted by Crippen LogP contribution is -2.44. The van der Waals surface area contributed by atoms with E-state index < -0.39 is 6.04 Å². The summed E-state index contributed by atoms with van der Waals surface area (Å²) in [5.74, 6) is 0.111. The molecule has 5 heteroatoms. The lowest BCUT2D eigenvalue weighted by atomic mass is 9.99. The predicted octanol–water partition coefficient (Wildman–Crippen LogP) is 0.972. The van der Waals surface area contributed by atoms with E-state index in [0.717, 1.165) is 24.1 Å². The van der Waals surface area contributed by atoms with Crippen molar-refractivity contribution in [2.75, 3.05) is 0 Å². The van der Waals surface area contributed by atoms with E-state index >= 15 is 0 Å². The fraction of sp³-hybridized carbons (Fsp3) is 0.692. The fourth-order valence-electron chi connectivity index (χ4n) is 1.84. The molecule has 0 radical (unpaired) electrons. The fourth-order valence-corrected chi connectivity index (χ4v) is 1.84. The molecule has 0 spiro atoms. The third-order valence-electron chi connectivity index (χ3n) is 3.34. The summed E-state index contributed by atoms with van der Waals surface area (Å²) in [5, 5.41) is 7.22. The Bertz CT molecular complexity index is 400.